The first-order valence-corrected chi connectivity index (χ1v) is 9.60. The number of aromatic nitrogens is 3. The van der Waals surface area contributed by atoms with Gasteiger partial charge < -0.3 is 5.32 Å². The van der Waals surface area contributed by atoms with Crippen LogP contribution in [0.25, 0.3) is 5.69 Å². The molecule has 0 aliphatic heterocycles. The zero-order valence-corrected chi connectivity index (χ0v) is 15.7. The van der Waals surface area contributed by atoms with Crippen molar-refractivity contribution < 1.29 is 4.79 Å². The molecule has 1 aromatic heterocycles. The molecule has 0 unspecified atom stereocenters. The lowest BCUT2D eigenvalue weighted by Gasteiger charge is -2.17. The predicted octanol–water partition coefficient (Wildman–Crippen LogP) is 3.94. The summed E-state index contributed by atoms with van der Waals surface area (Å²) in [4.78, 5) is 16.6. The maximum atomic E-state index is 12.3. The van der Waals surface area contributed by atoms with Crippen LogP contribution >= 0.6 is 11.8 Å². The number of thioether (sulfide) groups is 1. The van der Waals surface area contributed by atoms with Gasteiger partial charge in [-0.05, 0) is 31.0 Å². The van der Waals surface area contributed by atoms with Crippen LogP contribution in [-0.2, 0) is 4.79 Å². The molecule has 26 heavy (non-hydrogen) atoms. The number of nitrogens with zero attached hydrogens (tertiary/aromatic N) is 3. The number of rotatable bonds is 7. The average Bonchev–Trinajstić information content (AvgIpc) is 3.15. The minimum atomic E-state index is -0.0153. The average molecular weight is 366 g/mol. The summed E-state index contributed by atoms with van der Waals surface area (Å²) >= 11 is 1.34. The Morgan fingerprint density at radius 2 is 1.88 bits per heavy atom. The van der Waals surface area contributed by atoms with Gasteiger partial charge in [-0.15, -0.1) is 5.10 Å². The van der Waals surface area contributed by atoms with E-state index in [0.717, 1.165) is 17.7 Å². The van der Waals surface area contributed by atoms with Gasteiger partial charge >= 0.3 is 0 Å². The van der Waals surface area contributed by atoms with E-state index in [-0.39, 0.29) is 11.9 Å². The number of benzene rings is 2. The SMILES string of the molecule is CC[C@@H](NC(=O)CSc1ncn(-c2ccccc2)n1)c1ccc(C)cc1. The third-order valence-electron chi connectivity index (χ3n) is 4.05. The van der Waals surface area contributed by atoms with Crippen LogP contribution in [0.3, 0.4) is 0 Å². The third-order valence-corrected chi connectivity index (χ3v) is 4.90. The maximum Gasteiger partial charge on any atom is 0.230 e. The molecule has 0 saturated carbocycles. The molecule has 3 aromatic rings. The molecule has 0 aliphatic carbocycles. The number of hydrogen-bond donors (Lipinski definition) is 1. The van der Waals surface area contributed by atoms with Crippen LogP contribution in [-0.4, -0.2) is 26.4 Å². The molecule has 0 bridgehead atoms. The highest BCUT2D eigenvalue weighted by molar-refractivity contribution is 7.99. The Labute approximate surface area is 157 Å². The summed E-state index contributed by atoms with van der Waals surface area (Å²) in [5.74, 6) is 0.278. The molecule has 3 rings (SSSR count). The second kappa shape index (κ2) is 8.67. The molecule has 6 heteroatoms. The standard InChI is InChI=1S/C20H22N4OS/c1-3-18(16-11-9-15(2)10-12-16)22-19(25)13-26-20-21-14-24(23-20)17-7-5-4-6-8-17/h4-12,14,18H,3,13H2,1-2H3,(H,22,25)/t18-/m1/s1. The molecule has 1 heterocycles. The molecule has 1 amide bonds. The number of carbonyl (C=O) groups excluding carboxylic acids is 1. The van der Waals surface area contributed by atoms with Crippen LogP contribution in [0.4, 0.5) is 0 Å². The van der Waals surface area contributed by atoms with E-state index in [2.05, 4.69) is 53.5 Å². The molecular formula is C20H22N4OS. The monoisotopic (exact) mass is 366 g/mol. The van der Waals surface area contributed by atoms with E-state index in [0.29, 0.717) is 10.9 Å². The summed E-state index contributed by atoms with van der Waals surface area (Å²) in [6.07, 6.45) is 2.51. The zero-order chi connectivity index (χ0) is 18.4. The van der Waals surface area contributed by atoms with Gasteiger partial charge in [-0.3, -0.25) is 4.79 Å². The topological polar surface area (TPSA) is 59.8 Å². The molecule has 1 N–H and O–H groups in total. The highest BCUT2D eigenvalue weighted by Crippen LogP contribution is 2.18. The first kappa shape index (κ1) is 18.2. The molecular weight excluding hydrogens is 344 g/mol. The van der Waals surface area contributed by atoms with Crippen molar-refractivity contribution in [1.82, 2.24) is 20.1 Å². The minimum Gasteiger partial charge on any atom is -0.349 e. The van der Waals surface area contributed by atoms with Gasteiger partial charge in [-0.2, -0.15) is 0 Å². The highest BCUT2D eigenvalue weighted by Gasteiger charge is 2.14. The highest BCUT2D eigenvalue weighted by atomic mass is 32.2. The molecule has 5 nitrogen and oxygen atoms in total. The Balaban J connectivity index is 1.55. The van der Waals surface area contributed by atoms with Crippen LogP contribution in [0, 0.1) is 6.92 Å². The normalized spacial score (nSPS) is 11.9. The molecule has 0 spiro atoms. The Bertz CT molecular complexity index is 846. The lowest BCUT2D eigenvalue weighted by atomic mass is 10.0. The molecule has 2 aromatic carbocycles. The fraction of sp³-hybridized carbons (Fsp3) is 0.250. The molecule has 134 valence electrons. The van der Waals surface area contributed by atoms with E-state index in [9.17, 15) is 4.79 Å². The molecule has 0 fully saturated rings. The summed E-state index contributed by atoms with van der Waals surface area (Å²) in [5.41, 5.74) is 3.29. The van der Waals surface area contributed by atoms with E-state index in [1.54, 1.807) is 11.0 Å². The maximum absolute atomic E-state index is 12.3. The first-order chi connectivity index (χ1) is 12.7. The van der Waals surface area contributed by atoms with Gasteiger partial charge in [0.1, 0.15) is 6.33 Å². The summed E-state index contributed by atoms with van der Waals surface area (Å²) in [7, 11) is 0. The van der Waals surface area contributed by atoms with Gasteiger partial charge in [0.05, 0.1) is 17.5 Å². The molecule has 1 atom stereocenters. The van der Waals surface area contributed by atoms with E-state index in [1.165, 1.54) is 17.3 Å². The van der Waals surface area contributed by atoms with Gasteiger partial charge in [0.15, 0.2) is 0 Å². The summed E-state index contributed by atoms with van der Waals surface area (Å²) in [6, 6.07) is 18.1. The third kappa shape index (κ3) is 4.73. The van der Waals surface area contributed by atoms with Crippen molar-refractivity contribution in [3.8, 4) is 5.69 Å². The lowest BCUT2D eigenvalue weighted by Crippen LogP contribution is -2.29. The second-order valence-corrected chi connectivity index (χ2v) is 6.98. The molecule has 0 saturated heterocycles. The number of carbonyl (C=O) groups is 1. The van der Waals surface area contributed by atoms with Gasteiger partial charge in [0, 0.05) is 0 Å². The largest absolute Gasteiger partial charge is 0.349 e. The van der Waals surface area contributed by atoms with Crippen molar-refractivity contribution in [2.24, 2.45) is 0 Å². The van der Waals surface area contributed by atoms with Crippen molar-refractivity contribution in [2.75, 3.05) is 5.75 Å². The number of aryl methyl sites for hydroxylation is 1. The van der Waals surface area contributed by atoms with Crippen molar-refractivity contribution in [3.63, 3.8) is 0 Å². The smallest absolute Gasteiger partial charge is 0.230 e. The fourth-order valence-corrected chi connectivity index (χ4v) is 3.22. The van der Waals surface area contributed by atoms with Gasteiger partial charge in [-0.1, -0.05) is 66.7 Å². The predicted molar refractivity (Wildman–Crippen MR) is 104 cm³/mol. The van der Waals surface area contributed by atoms with Crippen LogP contribution in [0.2, 0.25) is 0 Å². The van der Waals surface area contributed by atoms with Crippen molar-refractivity contribution in [3.05, 3.63) is 72.1 Å². The van der Waals surface area contributed by atoms with E-state index in [4.69, 9.17) is 0 Å². The Morgan fingerprint density at radius 1 is 1.15 bits per heavy atom. The van der Waals surface area contributed by atoms with Crippen LogP contribution in [0.15, 0.2) is 66.1 Å². The van der Waals surface area contributed by atoms with Gasteiger partial charge in [0.25, 0.3) is 0 Å². The van der Waals surface area contributed by atoms with E-state index < -0.39 is 0 Å². The van der Waals surface area contributed by atoms with Crippen molar-refractivity contribution in [1.29, 1.82) is 0 Å². The summed E-state index contributed by atoms with van der Waals surface area (Å²) < 4.78 is 1.71. The van der Waals surface area contributed by atoms with E-state index in [1.807, 2.05) is 30.3 Å². The van der Waals surface area contributed by atoms with E-state index >= 15 is 0 Å². The number of amides is 1. The van der Waals surface area contributed by atoms with Crippen LogP contribution < -0.4 is 5.32 Å². The Morgan fingerprint density at radius 3 is 2.58 bits per heavy atom. The first-order valence-electron chi connectivity index (χ1n) is 8.61. The Hall–Kier alpha value is -2.60. The van der Waals surface area contributed by atoms with Crippen molar-refractivity contribution >= 4 is 17.7 Å². The quantitative estimate of drug-likeness (QED) is 0.644. The number of nitrogens with one attached hydrogen (secondary N) is 1. The lowest BCUT2D eigenvalue weighted by molar-refractivity contribution is -0.119. The molecule has 0 aliphatic rings. The zero-order valence-electron chi connectivity index (χ0n) is 14.9. The van der Waals surface area contributed by atoms with Crippen LogP contribution in [0.5, 0.6) is 0 Å². The molecule has 0 radical (unpaired) electrons. The van der Waals surface area contributed by atoms with Crippen LogP contribution in [0.1, 0.15) is 30.5 Å². The summed E-state index contributed by atoms with van der Waals surface area (Å²) in [6.45, 7) is 4.13. The minimum absolute atomic E-state index is 0.0153. The Kier molecular flexibility index (Phi) is 6.07. The van der Waals surface area contributed by atoms with Gasteiger partial charge in [-0.25, -0.2) is 9.67 Å². The second-order valence-electron chi connectivity index (χ2n) is 6.03. The number of hydrogen-bond acceptors (Lipinski definition) is 4. The summed E-state index contributed by atoms with van der Waals surface area (Å²) in [5, 5.41) is 8.09. The van der Waals surface area contributed by atoms with Gasteiger partial charge in [0.2, 0.25) is 11.1 Å². The number of para-hydroxylation sites is 1. The van der Waals surface area contributed by atoms with Crippen molar-refractivity contribution in [2.45, 2.75) is 31.5 Å². The fourth-order valence-electron chi connectivity index (χ4n) is 2.61.